The van der Waals surface area contributed by atoms with Crippen molar-refractivity contribution < 1.29 is 0 Å². The highest BCUT2D eigenvalue weighted by atomic mass is 127. The lowest BCUT2D eigenvalue weighted by atomic mass is 9.93. The average molecular weight is 506 g/mol. The second-order valence-corrected chi connectivity index (χ2v) is 7.82. The Morgan fingerprint density at radius 3 is 3.00 bits per heavy atom. The van der Waals surface area contributed by atoms with Gasteiger partial charge in [-0.1, -0.05) is 19.1 Å². The molecule has 0 aliphatic carbocycles. The molecule has 6 nitrogen and oxygen atoms in total. The summed E-state index contributed by atoms with van der Waals surface area (Å²) in [6.07, 6.45) is 10.1. The molecule has 29 heavy (non-hydrogen) atoms. The van der Waals surface area contributed by atoms with E-state index in [9.17, 15) is 0 Å². The van der Waals surface area contributed by atoms with Gasteiger partial charge in [0.25, 0.3) is 0 Å². The number of likely N-dealkylation sites (tertiary alicyclic amines) is 1. The number of benzene rings is 1. The predicted molar refractivity (Wildman–Crippen MR) is 130 cm³/mol. The van der Waals surface area contributed by atoms with Gasteiger partial charge in [-0.3, -0.25) is 4.99 Å². The molecule has 2 atom stereocenters. The maximum Gasteiger partial charge on any atom is 0.193 e. The summed E-state index contributed by atoms with van der Waals surface area (Å²) in [5, 5.41) is 4.93. The second kappa shape index (κ2) is 9.65. The van der Waals surface area contributed by atoms with Crippen LogP contribution < -0.4 is 5.32 Å². The number of piperidine rings is 1. The van der Waals surface area contributed by atoms with E-state index in [0.717, 1.165) is 38.4 Å². The van der Waals surface area contributed by atoms with Crippen molar-refractivity contribution in [1.82, 2.24) is 24.8 Å². The van der Waals surface area contributed by atoms with Gasteiger partial charge in [-0.25, -0.2) is 4.98 Å². The highest BCUT2D eigenvalue weighted by Crippen LogP contribution is 2.27. The summed E-state index contributed by atoms with van der Waals surface area (Å²) in [5.74, 6) is 1.63. The van der Waals surface area contributed by atoms with Crippen molar-refractivity contribution in [1.29, 1.82) is 0 Å². The maximum absolute atomic E-state index is 4.55. The largest absolute Gasteiger partial charge is 0.361 e. The molecule has 3 aromatic rings. The molecule has 4 rings (SSSR count). The molecular weight excluding hydrogens is 475 g/mol. The fraction of sp³-hybridized carbons (Fsp3) is 0.455. The molecule has 1 aliphatic heterocycles. The third kappa shape index (κ3) is 4.60. The zero-order valence-corrected chi connectivity index (χ0v) is 19.8. The van der Waals surface area contributed by atoms with Crippen LogP contribution in [0.25, 0.3) is 10.9 Å². The number of rotatable bonds is 4. The standard InChI is InChI=1S/C22H30N6.HI/c1-16-8-11-27(14-20(16)28-12-10-24-15-28)22(23-3)25-9-7-18-13-26-19-6-4-5-17(2)21(18)19;/h4-6,10,12-13,15-16,20,26H,7-9,11,14H2,1-3H3,(H,23,25);1H. The van der Waals surface area contributed by atoms with Crippen molar-refractivity contribution >= 4 is 40.8 Å². The van der Waals surface area contributed by atoms with Crippen LogP contribution in [-0.2, 0) is 6.42 Å². The van der Waals surface area contributed by atoms with Crippen molar-refractivity contribution in [3.63, 3.8) is 0 Å². The first-order valence-electron chi connectivity index (χ1n) is 10.2. The molecule has 0 saturated carbocycles. The molecule has 0 spiro atoms. The van der Waals surface area contributed by atoms with E-state index in [-0.39, 0.29) is 24.0 Å². The van der Waals surface area contributed by atoms with Gasteiger partial charge in [0.1, 0.15) is 0 Å². The Balaban J connectivity index is 0.00000240. The Kier molecular flexibility index (Phi) is 7.21. The number of aromatic nitrogens is 3. The van der Waals surface area contributed by atoms with E-state index in [4.69, 9.17) is 0 Å². The van der Waals surface area contributed by atoms with Crippen LogP contribution in [0.3, 0.4) is 0 Å². The number of nitrogens with one attached hydrogen (secondary N) is 2. The SMILES string of the molecule is CN=C(NCCc1c[nH]c2cccc(C)c12)N1CCC(C)C(n2ccnc2)C1.I. The number of nitrogens with zero attached hydrogens (tertiary/aromatic N) is 4. The van der Waals surface area contributed by atoms with Crippen LogP contribution in [-0.4, -0.2) is 52.1 Å². The van der Waals surface area contributed by atoms with Crippen LogP contribution in [0.4, 0.5) is 0 Å². The fourth-order valence-electron chi connectivity index (χ4n) is 4.38. The number of fused-ring (bicyclic) bond motifs is 1. The van der Waals surface area contributed by atoms with Gasteiger partial charge in [-0.2, -0.15) is 0 Å². The van der Waals surface area contributed by atoms with E-state index < -0.39 is 0 Å². The normalized spacial score (nSPS) is 20.0. The van der Waals surface area contributed by atoms with Crippen LogP contribution >= 0.6 is 24.0 Å². The summed E-state index contributed by atoms with van der Waals surface area (Å²) >= 11 is 0. The summed E-state index contributed by atoms with van der Waals surface area (Å²) in [6.45, 7) is 7.38. The van der Waals surface area contributed by atoms with Crippen molar-refractivity contribution in [3.05, 3.63) is 54.2 Å². The summed E-state index contributed by atoms with van der Waals surface area (Å²) in [7, 11) is 1.88. The van der Waals surface area contributed by atoms with Gasteiger partial charge in [0.15, 0.2) is 5.96 Å². The Labute approximate surface area is 189 Å². The highest BCUT2D eigenvalue weighted by Gasteiger charge is 2.28. The predicted octanol–water partition coefficient (Wildman–Crippen LogP) is 3.99. The third-order valence-electron chi connectivity index (χ3n) is 6.01. The van der Waals surface area contributed by atoms with Gasteiger partial charge in [-0.15, -0.1) is 24.0 Å². The van der Waals surface area contributed by atoms with Gasteiger partial charge in [0.05, 0.1) is 12.4 Å². The minimum Gasteiger partial charge on any atom is -0.361 e. The number of aromatic amines is 1. The number of H-pyrrole nitrogens is 1. The van der Waals surface area contributed by atoms with E-state index in [0.29, 0.717) is 12.0 Å². The molecule has 0 amide bonds. The van der Waals surface area contributed by atoms with Crippen molar-refractivity contribution in [2.45, 2.75) is 32.7 Å². The number of hydrogen-bond donors (Lipinski definition) is 2. The molecule has 0 radical (unpaired) electrons. The lowest BCUT2D eigenvalue weighted by Crippen LogP contribution is -2.49. The molecule has 7 heteroatoms. The Hall–Kier alpha value is -2.03. The molecule has 2 unspecified atom stereocenters. The van der Waals surface area contributed by atoms with Crippen molar-refractivity contribution in [3.8, 4) is 0 Å². The molecule has 2 N–H and O–H groups in total. The molecular formula is C22H31IN6. The number of halogens is 1. The zero-order valence-electron chi connectivity index (χ0n) is 17.4. The molecule has 0 bridgehead atoms. The lowest BCUT2D eigenvalue weighted by Gasteiger charge is -2.39. The summed E-state index contributed by atoms with van der Waals surface area (Å²) in [5.41, 5.74) is 3.90. The fourth-order valence-corrected chi connectivity index (χ4v) is 4.38. The molecule has 2 aromatic heterocycles. The van der Waals surface area contributed by atoms with E-state index in [2.05, 4.69) is 74.2 Å². The molecule has 3 heterocycles. The van der Waals surface area contributed by atoms with E-state index in [1.165, 1.54) is 22.0 Å². The maximum atomic E-state index is 4.55. The minimum absolute atomic E-state index is 0. The van der Waals surface area contributed by atoms with Crippen LogP contribution in [0.5, 0.6) is 0 Å². The van der Waals surface area contributed by atoms with E-state index >= 15 is 0 Å². The van der Waals surface area contributed by atoms with Crippen LogP contribution in [0.2, 0.25) is 0 Å². The first-order valence-corrected chi connectivity index (χ1v) is 10.2. The first-order chi connectivity index (χ1) is 13.7. The number of imidazole rings is 1. The van der Waals surface area contributed by atoms with Crippen molar-refractivity contribution in [2.24, 2.45) is 10.9 Å². The second-order valence-electron chi connectivity index (χ2n) is 7.82. The van der Waals surface area contributed by atoms with Crippen LogP contribution in [0, 0.1) is 12.8 Å². The summed E-state index contributed by atoms with van der Waals surface area (Å²) in [4.78, 5) is 14.6. The van der Waals surface area contributed by atoms with Gasteiger partial charge in [-0.05, 0) is 42.9 Å². The third-order valence-corrected chi connectivity index (χ3v) is 6.01. The van der Waals surface area contributed by atoms with Crippen LogP contribution in [0.1, 0.15) is 30.5 Å². The van der Waals surface area contributed by atoms with E-state index in [1.54, 1.807) is 0 Å². The smallest absolute Gasteiger partial charge is 0.193 e. The Bertz CT molecular complexity index is 946. The van der Waals surface area contributed by atoms with Gasteiger partial charge < -0.3 is 19.8 Å². The molecule has 1 saturated heterocycles. The monoisotopic (exact) mass is 506 g/mol. The Morgan fingerprint density at radius 2 is 2.24 bits per heavy atom. The molecule has 1 aromatic carbocycles. The zero-order chi connectivity index (χ0) is 19.5. The lowest BCUT2D eigenvalue weighted by molar-refractivity contribution is 0.189. The summed E-state index contributed by atoms with van der Waals surface area (Å²) in [6, 6.07) is 6.86. The first kappa shape index (κ1) is 21.7. The topological polar surface area (TPSA) is 61.2 Å². The van der Waals surface area contributed by atoms with Gasteiger partial charge in [0, 0.05) is 56.2 Å². The number of aliphatic imine (C=N–C) groups is 1. The number of hydrogen-bond acceptors (Lipinski definition) is 2. The molecule has 156 valence electrons. The number of aryl methyl sites for hydroxylation is 1. The van der Waals surface area contributed by atoms with Gasteiger partial charge in [0.2, 0.25) is 0 Å². The average Bonchev–Trinajstić information content (AvgIpc) is 3.37. The summed E-state index contributed by atoms with van der Waals surface area (Å²) < 4.78 is 2.23. The van der Waals surface area contributed by atoms with Crippen LogP contribution in [0.15, 0.2) is 48.1 Å². The van der Waals surface area contributed by atoms with Gasteiger partial charge >= 0.3 is 0 Å². The molecule has 1 aliphatic rings. The Morgan fingerprint density at radius 1 is 1.38 bits per heavy atom. The van der Waals surface area contributed by atoms with E-state index in [1.807, 2.05) is 19.6 Å². The quantitative estimate of drug-likeness (QED) is 0.320. The minimum atomic E-state index is 0. The molecule has 1 fully saturated rings. The van der Waals surface area contributed by atoms with Crippen molar-refractivity contribution in [2.75, 3.05) is 26.7 Å². The number of guanidine groups is 1. The highest BCUT2D eigenvalue weighted by molar-refractivity contribution is 14.0.